The van der Waals surface area contributed by atoms with Crippen LogP contribution in [0.3, 0.4) is 0 Å². The van der Waals surface area contributed by atoms with Gasteiger partial charge in [0.1, 0.15) is 11.5 Å². The predicted molar refractivity (Wildman–Crippen MR) is 124 cm³/mol. The van der Waals surface area contributed by atoms with Crippen LogP contribution in [0.5, 0.6) is 5.75 Å². The Bertz CT molecular complexity index is 970. The molecule has 2 aromatic rings. The molecule has 1 saturated heterocycles. The summed E-state index contributed by atoms with van der Waals surface area (Å²) in [5.74, 6) is -1.08. The monoisotopic (exact) mass is 462 g/mol. The summed E-state index contributed by atoms with van der Waals surface area (Å²) >= 11 is 7.62. The van der Waals surface area contributed by atoms with Crippen LogP contribution in [0.2, 0.25) is 5.02 Å². The van der Waals surface area contributed by atoms with Crippen LogP contribution in [0.1, 0.15) is 37.3 Å². The Balaban J connectivity index is 2.06. The number of ketones is 1. The maximum atomic E-state index is 13.0. The molecule has 0 saturated carbocycles. The fourth-order valence-electron chi connectivity index (χ4n) is 3.71. The lowest BCUT2D eigenvalue weighted by atomic mass is 9.99. The zero-order valence-corrected chi connectivity index (χ0v) is 19.5. The Labute approximate surface area is 191 Å². The number of carbonyl (C=O) groups excluding carboxylic acids is 2. The average Bonchev–Trinajstić information content (AvgIpc) is 3.38. The van der Waals surface area contributed by atoms with Gasteiger partial charge in [-0.3, -0.25) is 9.59 Å². The van der Waals surface area contributed by atoms with E-state index in [0.717, 1.165) is 18.0 Å². The van der Waals surface area contributed by atoms with E-state index in [0.29, 0.717) is 36.0 Å². The van der Waals surface area contributed by atoms with Gasteiger partial charge in [-0.05, 0) is 49.7 Å². The fourth-order valence-corrected chi connectivity index (χ4v) is 4.73. The van der Waals surface area contributed by atoms with Gasteiger partial charge in [0.05, 0.1) is 23.2 Å². The number of likely N-dealkylation sites (tertiary alicyclic amines) is 1. The number of hydrogen-bond acceptors (Lipinski definition) is 6. The summed E-state index contributed by atoms with van der Waals surface area (Å²) in [4.78, 5) is 30.6. The molecule has 0 radical (unpaired) electrons. The quantitative estimate of drug-likeness (QED) is 0.336. The number of hydrogen-bond donors (Lipinski definition) is 1. The van der Waals surface area contributed by atoms with Crippen LogP contribution in [0.4, 0.5) is 0 Å². The molecule has 1 aromatic heterocycles. The van der Waals surface area contributed by atoms with Crippen molar-refractivity contribution in [1.82, 2.24) is 9.80 Å². The minimum Gasteiger partial charge on any atom is -0.507 e. The zero-order chi connectivity index (χ0) is 22.5. The molecule has 0 bridgehead atoms. The van der Waals surface area contributed by atoms with E-state index in [1.54, 1.807) is 23.1 Å². The number of Topliss-reactive ketones (excluding diaryl/α,β-unsaturated/α-hetero) is 1. The molecule has 166 valence electrons. The highest BCUT2D eigenvalue weighted by Gasteiger charge is 2.46. The summed E-state index contributed by atoms with van der Waals surface area (Å²) in [5.41, 5.74) is 0.480. The summed E-state index contributed by atoms with van der Waals surface area (Å²) in [6, 6.07) is 7.96. The van der Waals surface area contributed by atoms with Crippen molar-refractivity contribution >= 4 is 40.4 Å². The molecule has 2 heterocycles. The highest BCUT2D eigenvalue weighted by Crippen LogP contribution is 2.41. The normalized spacial score (nSPS) is 18.2. The Morgan fingerprint density at radius 3 is 2.58 bits per heavy atom. The van der Waals surface area contributed by atoms with Crippen molar-refractivity contribution in [1.29, 1.82) is 0 Å². The first-order valence-electron chi connectivity index (χ1n) is 10.4. The van der Waals surface area contributed by atoms with Gasteiger partial charge in [-0.1, -0.05) is 31.5 Å². The standard InChI is InChI=1S/C23H27ClN2O4S/c1-4-25(5-2)11-12-26-20(18-8-7-13-31-18)19(22(28)23(26)29)21(27)15-9-10-16(24)17(14-15)30-6-3/h7-10,13-14,20,27H,4-6,11-12H2,1-3H3/b21-19-. The molecule has 0 spiro atoms. The summed E-state index contributed by atoms with van der Waals surface area (Å²) in [6.07, 6.45) is 0. The molecule has 1 aliphatic rings. The molecule has 31 heavy (non-hydrogen) atoms. The average molecular weight is 463 g/mol. The minimum atomic E-state index is -0.677. The van der Waals surface area contributed by atoms with Crippen LogP contribution in [0, 0.1) is 0 Å². The largest absolute Gasteiger partial charge is 0.507 e. The smallest absolute Gasteiger partial charge is 0.295 e. The molecule has 8 heteroatoms. The fraction of sp³-hybridized carbons (Fsp3) is 0.391. The van der Waals surface area contributed by atoms with E-state index in [4.69, 9.17) is 16.3 Å². The van der Waals surface area contributed by atoms with Gasteiger partial charge in [-0.15, -0.1) is 11.3 Å². The van der Waals surface area contributed by atoms with Crippen LogP contribution in [0.25, 0.3) is 5.76 Å². The first-order chi connectivity index (χ1) is 14.9. The Hall–Kier alpha value is -2.35. The van der Waals surface area contributed by atoms with Crippen LogP contribution >= 0.6 is 22.9 Å². The van der Waals surface area contributed by atoms with Gasteiger partial charge in [-0.2, -0.15) is 0 Å². The SMILES string of the molecule is CCOc1cc(/C(O)=C2/C(=O)C(=O)N(CCN(CC)CC)C2c2cccs2)ccc1Cl. The Morgan fingerprint density at radius 1 is 1.23 bits per heavy atom. The van der Waals surface area contributed by atoms with Crippen molar-refractivity contribution < 1.29 is 19.4 Å². The molecule has 6 nitrogen and oxygen atoms in total. The summed E-state index contributed by atoms with van der Waals surface area (Å²) in [5, 5.41) is 13.4. The Kier molecular flexibility index (Phi) is 7.75. The number of nitrogens with zero attached hydrogens (tertiary/aromatic N) is 2. The van der Waals surface area contributed by atoms with Crippen molar-refractivity contribution in [3.63, 3.8) is 0 Å². The highest BCUT2D eigenvalue weighted by atomic mass is 35.5. The van der Waals surface area contributed by atoms with Crippen molar-refractivity contribution in [2.24, 2.45) is 0 Å². The molecule has 1 amide bonds. The van der Waals surface area contributed by atoms with Crippen LogP contribution in [0.15, 0.2) is 41.3 Å². The molecule has 1 atom stereocenters. The number of thiophene rings is 1. The maximum Gasteiger partial charge on any atom is 0.295 e. The number of aliphatic hydroxyl groups is 1. The molecular formula is C23H27ClN2O4S. The second-order valence-electron chi connectivity index (χ2n) is 7.11. The van der Waals surface area contributed by atoms with Crippen molar-refractivity contribution in [3.8, 4) is 5.75 Å². The van der Waals surface area contributed by atoms with E-state index in [1.807, 2.05) is 24.4 Å². The summed E-state index contributed by atoms with van der Waals surface area (Å²) in [7, 11) is 0. The minimum absolute atomic E-state index is 0.0942. The highest BCUT2D eigenvalue weighted by molar-refractivity contribution is 7.10. The van der Waals surface area contributed by atoms with Gasteiger partial charge < -0.3 is 19.6 Å². The third-order valence-electron chi connectivity index (χ3n) is 5.41. The lowest BCUT2D eigenvalue weighted by Gasteiger charge is -2.27. The number of benzene rings is 1. The topological polar surface area (TPSA) is 70.1 Å². The number of rotatable bonds is 9. The number of halogens is 1. The molecular weight excluding hydrogens is 436 g/mol. The molecule has 1 N–H and O–H groups in total. The van der Waals surface area contributed by atoms with Gasteiger partial charge >= 0.3 is 0 Å². The van der Waals surface area contributed by atoms with Gasteiger partial charge in [0.15, 0.2) is 0 Å². The third kappa shape index (κ3) is 4.79. The number of amides is 1. The maximum absolute atomic E-state index is 13.0. The molecule has 1 fully saturated rings. The van der Waals surface area contributed by atoms with Gasteiger partial charge in [-0.25, -0.2) is 0 Å². The van der Waals surface area contributed by atoms with E-state index in [2.05, 4.69) is 18.7 Å². The lowest BCUT2D eigenvalue weighted by Crippen LogP contribution is -2.37. The molecule has 1 aromatic carbocycles. The molecule has 3 rings (SSSR count). The second-order valence-corrected chi connectivity index (χ2v) is 8.50. The van der Waals surface area contributed by atoms with E-state index in [9.17, 15) is 14.7 Å². The summed E-state index contributed by atoms with van der Waals surface area (Å²) in [6.45, 7) is 9.13. The lowest BCUT2D eigenvalue weighted by molar-refractivity contribution is -0.140. The van der Waals surface area contributed by atoms with E-state index in [-0.39, 0.29) is 11.3 Å². The molecule has 1 aliphatic heterocycles. The van der Waals surface area contributed by atoms with Crippen LogP contribution in [-0.4, -0.2) is 59.4 Å². The van der Waals surface area contributed by atoms with E-state index < -0.39 is 17.7 Å². The molecule has 1 unspecified atom stereocenters. The van der Waals surface area contributed by atoms with E-state index in [1.165, 1.54) is 11.3 Å². The van der Waals surface area contributed by atoms with Crippen LogP contribution < -0.4 is 4.74 Å². The second kappa shape index (κ2) is 10.3. The predicted octanol–water partition coefficient (Wildman–Crippen LogP) is 4.56. The number of carbonyl (C=O) groups is 2. The van der Waals surface area contributed by atoms with Gasteiger partial charge in [0, 0.05) is 23.5 Å². The number of likely N-dealkylation sites (N-methyl/N-ethyl adjacent to an activating group) is 1. The number of aliphatic hydroxyl groups excluding tert-OH is 1. The number of ether oxygens (including phenoxy) is 1. The van der Waals surface area contributed by atoms with Crippen molar-refractivity contribution in [3.05, 3.63) is 56.7 Å². The third-order valence-corrected chi connectivity index (χ3v) is 6.65. The van der Waals surface area contributed by atoms with E-state index >= 15 is 0 Å². The van der Waals surface area contributed by atoms with Gasteiger partial charge in [0.25, 0.3) is 11.7 Å². The van der Waals surface area contributed by atoms with Gasteiger partial charge in [0.2, 0.25) is 0 Å². The zero-order valence-electron chi connectivity index (χ0n) is 17.9. The first kappa shape index (κ1) is 23.3. The van der Waals surface area contributed by atoms with Crippen molar-refractivity contribution in [2.45, 2.75) is 26.8 Å². The first-order valence-corrected chi connectivity index (χ1v) is 11.6. The van der Waals surface area contributed by atoms with Crippen LogP contribution in [-0.2, 0) is 9.59 Å². The summed E-state index contributed by atoms with van der Waals surface area (Å²) < 4.78 is 5.52. The van der Waals surface area contributed by atoms with Crippen molar-refractivity contribution in [2.75, 3.05) is 32.8 Å². The molecule has 0 aliphatic carbocycles. The Morgan fingerprint density at radius 2 is 1.97 bits per heavy atom.